The van der Waals surface area contributed by atoms with Gasteiger partial charge < -0.3 is 5.73 Å². The number of halogens is 1. The first kappa shape index (κ1) is 18.0. The van der Waals surface area contributed by atoms with Crippen molar-refractivity contribution in [3.63, 3.8) is 0 Å². The highest BCUT2D eigenvalue weighted by atomic mass is 35.5. The first-order valence-corrected chi connectivity index (χ1v) is 7.61. The number of nitrogens with two attached hydrogens (primary N) is 1. The van der Waals surface area contributed by atoms with Gasteiger partial charge in [-0.1, -0.05) is 23.7 Å². The molecule has 0 saturated carbocycles. The lowest BCUT2D eigenvalue weighted by molar-refractivity contribution is 0.0941. The van der Waals surface area contributed by atoms with Crippen LogP contribution in [0.15, 0.2) is 33.9 Å². The summed E-state index contributed by atoms with van der Waals surface area (Å²) in [6.45, 7) is 0.475. The molecule has 0 amide bonds. The quantitative estimate of drug-likeness (QED) is 0.799. The van der Waals surface area contributed by atoms with Gasteiger partial charge in [0, 0.05) is 25.7 Å². The van der Waals surface area contributed by atoms with Crippen LogP contribution in [0.3, 0.4) is 0 Å². The van der Waals surface area contributed by atoms with Crippen molar-refractivity contribution in [1.82, 2.24) is 14.0 Å². The van der Waals surface area contributed by atoms with E-state index >= 15 is 0 Å². The van der Waals surface area contributed by atoms with E-state index in [2.05, 4.69) is 0 Å². The largest absolute Gasteiger partial charge is 0.384 e. The maximum Gasteiger partial charge on any atom is 0.332 e. The molecule has 0 unspecified atom stereocenters. The van der Waals surface area contributed by atoms with E-state index in [9.17, 15) is 14.4 Å². The first-order valence-electron chi connectivity index (χ1n) is 7.24. The molecule has 0 saturated heterocycles. The summed E-state index contributed by atoms with van der Waals surface area (Å²) in [4.78, 5) is 38.2. The average molecular weight is 351 g/mol. The molecule has 7 nitrogen and oxygen atoms in total. The SMILES string of the molecule is CN(CC(=O)c1c(N)n(C)c(=O)n(C)c1=O)Cc1cccc(Cl)c1. The summed E-state index contributed by atoms with van der Waals surface area (Å²) in [5, 5.41) is 0.614. The van der Waals surface area contributed by atoms with Crippen molar-refractivity contribution in [2.24, 2.45) is 14.1 Å². The Morgan fingerprint density at radius 2 is 1.92 bits per heavy atom. The van der Waals surface area contributed by atoms with Crippen molar-refractivity contribution in [2.45, 2.75) is 6.54 Å². The molecule has 1 aromatic carbocycles. The van der Waals surface area contributed by atoms with Gasteiger partial charge in [0.1, 0.15) is 11.4 Å². The van der Waals surface area contributed by atoms with Gasteiger partial charge in [-0.05, 0) is 24.7 Å². The van der Waals surface area contributed by atoms with E-state index in [1.807, 2.05) is 18.2 Å². The molecule has 0 spiro atoms. The van der Waals surface area contributed by atoms with Crippen molar-refractivity contribution in [3.8, 4) is 0 Å². The zero-order valence-corrected chi connectivity index (χ0v) is 14.5. The Morgan fingerprint density at radius 3 is 2.54 bits per heavy atom. The number of benzene rings is 1. The Hall–Kier alpha value is -2.38. The normalized spacial score (nSPS) is 11.0. The minimum atomic E-state index is -0.684. The zero-order valence-electron chi connectivity index (χ0n) is 13.7. The third-order valence-corrected chi connectivity index (χ3v) is 3.98. The summed E-state index contributed by atoms with van der Waals surface area (Å²) in [7, 11) is 4.49. The predicted octanol–water partition coefficient (Wildman–Crippen LogP) is 0.634. The maximum absolute atomic E-state index is 12.5. The monoisotopic (exact) mass is 350 g/mol. The fraction of sp³-hybridized carbons (Fsp3) is 0.312. The fourth-order valence-corrected chi connectivity index (χ4v) is 2.66. The molecular weight excluding hydrogens is 332 g/mol. The van der Waals surface area contributed by atoms with Crippen LogP contribution in [0.1, 0.15) is 15.9 Å². The number of Topliss-reactive ketones (excluding diaryl/α,β-unsaturated/α-hetero) is 1. The fourth-order valence-electron chi connectivity index (χ4n) is 2.45. The van der Waals surface area contributed by atoms with Gasteiger partial charge >= 0.3 is 5.69 Å². The summed E-state index contributed by atoms with van der Waals surface area (Å²) < 4.78 is 1.96. The molecule has 8 heteroatoms. The Balaban J connectivity index is 2.24. The van der Waals surface area contributed by atoms with Crippen molar-refractivity contribution >= 4 is 23.2 Å². The van der Waals surface area contributed by atoms with Crippen LogP contribution < -0.4 is 17.0 Å². The smallest absolute Gasteiger partial charge is 0.332 e. The third-order valence-electron chi connectivity index (χ3n) is 3.74. The molecular formula is C16H19ClN4O3. The molecule has 0 aliphatic rings. The van der Waals surface area contributed by atoms with Crippen LogP contribution in [0.4, 0.5) is 5.82 Å². The van der Waals surface area contributed by atoms with Gasteiger partial charge in [0.2, 0.25) is 0 Å². The van der Waals surface area contributed by atoms with Crippen LogP contribution in [0.25, 0.3) is 0 Å². The molecule has 24 heavy (non-hydrogen) atoms. The van der Waals surface area contributed by atoms with Crippen molar-refractivity contribution in [2.75, 3.05) is 19.3 Å². The summed E-state index contributed by atoms with van der Waals surface area (Å²) in [6.07, 6.45) is 0. The van der Waals surface area contributed by atoms with E-state index in [1.54, 1.807) is 18.0 Å². The van der Waals surface area contributed by atoms with Gasteiger partial charge in [-0.15, -0.1) is 0 Å². The molecule has 0 aliphatic heterocycles. The van der Waals surface area contributed by atoms with E-state index < -0.39 is 17.0 Å². The summed E-state index contributed by atoms with van der Waals surface area (Å²) >= 11 is 5.94. The van der Waals surface area contributed by atoms with Gasteiger partial charge in [0.05, 0.1) is 6.54 Å². The molecule has 0 radical (unpaired) electrons. The number of hydrogen-bond acceptors (Lipinski definition) is 5. The molecule has 0 fully saturated rings. The minimum absolute atomic E-state index is 0.00976. The minimum Gasteiger partial charge on any atom is -0.384 e. The predicted molar refractivity (Wildman–Crippen MR) is 93.5 cm³/mol. The number of carbonyl (C=O) groups is 1. The van der Waals surface area contributed by atoms with Gasteiger partial charge in [0.15, 0.2) is 5.78 Å². The van der Waals surface area contributed by atoms with E-state index in [0.29, 0.717) is 11.6 Å². The van der Waals surface area contributed by atoms with E-state index in [-0.39, 0.29) is 17.9 Å². The topological polar surface area (TPSA) is 90.3 Å². The zero-order chi connectivity index (χ0) is 18.0. The molecule has 0 atom stereocenters. The van der Waals surface area contributed by atoms with Crippen molar-refractivity contribution in [3.05, 3.63) is 61.3 Å². The number of aromatic nitrogens is 2. The highest BCUT2D eigenvalue weighted by Crippen LogP contribution is 2.12. The molecule has 128 valence electrons. The Labute approximate surface area is 143 Å². The molecule has 2 N–H and O–H groups in total. The van der Waals surface area contributed by atoms with Crippen LogP contribution in [-0.4, -0.2) is 33.4 Å². The Kier molecular flexibility index (Phi) is 5.26. The van der Waals surface area contributed by atoms with Crippen LogP contribution >= 0.6 is 11.6 Å². The van der Waals surface area contributed by atoms with Gasteiger partial charge in [-0.25, -0.2) is 4.79 Å². The van der Waals surface area contributed by atoms with Crippen LogP contribution in [0.2, 0.25) is 5.02 Å². The van der Waals surface area contributed by atoms with Gasteiger partial charge in [0.25, 0.3) is 5.56 Å². The molecule has 2 aromatic rings. The molecule has 0 bridgehead atoms. The summed E-state index contributed by atoms with van der Waals surface area (Å²) in [5.41, 5.74) is 5.32. The lowest BCUT2D eigenvalue weighted by Crippen LogP contribution is -2.43. The molecule has 2 rings (SSSR count). The number of anilines is 1. The molecule has 1 heterocycles. The van der Waals surface area contributed by atoms with E-state index in [1.165, 1.54) is 14.1 Å². The van der Waals surface area contributed by atoms with Crippen LogP contribution in [0, 0.1) is 0 Å². The highest BCUT2D eigenvalue weighted by molar-refractivity contribution is 6.30. The van der Waals surface area contributed by atoms with Gasteiger partial charge in [-0.2, -0.15) is 0 Å². The summed E-state index contributed by atoms with van der Waals surface area (Å²) in [5.74, 6) is -0.558. The number of nitrogens with zero attached hydrogens (tertiary/aromatic N) is 3. The number of likely N-dealkylation sites (N-methyl/N-ethyl adjacent to an activating group) is 1. The number of ketones is 1. The Morgan fingerprint density at radius 1 is 1.25 bits per heavy atom. The highest BCUT2D eigenvalue weighted by Gasteiger charge is 2.21. The second-order valence-electron chi connectivity index (χ2n) is 5.69. The number of carbonyl (C=O) groups excluding carboxylic acids is 1. The second-order valence-corrected chi connectivity index (χ2v) is 6.13. The number of nitrogen functional groups attached to an aromatic ring is 1. The molecule has 0 aliphatic carbocycles. The van der Waals surface area contributed by atoms with E-state index in [0.717, 1.165) is 14.7 Å². The average Bonchev–Trinajstić information content (AvgIpc) is 2.51. The van der Waals surface area contributed by atoms with Crippen molar-refractivity contribution in [1.29, 1.82) is 0 Å². The Bertz CT molecular complexity index is 901. The molecule has 1 aromatic heterocycles. The van der Waals surface area contributed by atoms with Crippen LogP contribution in [-0.2, 0) is 20.6 Å². The second kappa shape index (κ2) is 7.02. The van der Waals surface area contributed by atoms with Gasteiger partial charge in [-0.3, -0.25) is 23.6 Å². The summed E-state index contributed by atoms with van der Waals surface area (Å²) in [6, 6.07) is 7.30. The number of rotatable bonds is 5. The third kappa shape index (κ3) is 3.58. The lowest BCUT2D eigenvalue weighted by Gasteiger charge is -2.17. The standard InChI is InChI=1S/C16H19ClN4O3/c1-19(8-10-5-4-6-11(17)7-10)9-12(22)13-14(18)20(2)16(24)21(3)15(13)23/h4-7H,8-9,18H2,1-3H3. The van der Waals surface area contributed by atoms with E-state index in [4.69, 9.17) is 17.3 Å². The maximum atomic E-state index is 12.5. The first-order chi connectivity index (χ1) is 11.2. The van der Waals surface area contributed by atoms with Crippen LogP contribution in [0.5, 0.6) is 0 Å². The lowest BCUT2D eigenvalue weighted by atomic mass is 10.1. The number of hydrogen-bond donors (Lipinski definition) is 1. The van der Waals surface area contributed by atoms with Crippen molar-refractivity contribution < 1.29 is 4.79 Å².